The van der Waals surface area contributed by atoms with Gasteiger partial charge >= 0.3 is 0 Å². The Balaban J connectivity index is 0.00000225. The number of carbonyl (C=O) groups excluding carboxylic acids is 1. The number of hydrogen-bond donors (Lipinski definition) is 2. The average Bonchev–Trinajstić information content (AvgIpc) is 3.27. The number of halogens is 1. The predicted octanol–water partition coefficient (Wildman–Crippen LogP) is 2.70. The number of guanidine groups is 1. The van der Waals surface area contributed by atoms with E-state index in [4.69, 9.17) is 0 Å². The maximum atomic E-state index is 12.5. The van der Waals surface area contributed by atoms with Crippen LogP contribution < -0.4 is 10.6 Å². The molecular weight excluding hydrogens is 467 g/mol. The van der Waals surface area contributed by atoms with E-state index in [1.54, 1.807) is 11.3 Å². The molecule has 25 heavy (non-hydrogen) atoms. The van der Waals surface area contributed by atoms with Crippen LogP contribution in [0.25, 0.3) is 0 Å². The van der Waals surface area contributed by atoms with Gasteiger partial charge in [0.15, 0.2) is 5.96 Å². The topological polar surface area (TPSA) is 56.7 Å². The van der Waals surface area contributed by atoms with Crippen LogP contribution in [0.4, 0.5) is 0 Å². The van der Waals surface area contributed by atoms with Crippen LogP contribution in [0.5, 0.6) is 0 Å². The van der Waals surface area contributed by atoms with Crippen molar-refractivity contribution in [1.29, 1.82) is 0 Å². The molecule has 0 aliphatic carbocycles. The summed E-state index contributed by atoms with van der Waals surface area (Å²) in [6, 6.07) is 2.13. The lowest BCUT2D eigenvalue weighted by molar-refractivity contribution is -0.130. The van der Waals surface area contributed by atoms with Crippen molar-refractivity contribution in [3.05, 3.63) is 21.9 Å². The molecule has 2 N–H and O–H groups in total. The summed E-state index contributed by atoms with van der Waals surface area (Å²) >= 11 is 3.82. The molecular formula is C17H27IN4OS2. The van der Waals surface area contributed by atoms with Gasteiger partial charge in [0.2, 0.25) is 5.91 Å². The Morgan fingerprint density at radius 3 is 3.08 bits per heavy atom. The number of nitrogens with one attached hydrogen (secondary N) is 2. The van der Waals surface area contributed by atoms with Crippen LogP contribution in [0.15, 0.2) is 16.4 Å². The Labute approximate surface area is 175 Å². The molecule has 2 aliphatic rings. The van der Waals surface area contributed by atoms with Crippen LogP contribution in [0.3, 0.4) is 0 Å². The highest BCUT2D eigenvalue weighted by molar-refractivity contribution is 14.0. The normalized spacial score (nSPS) is 20.0. The maximum absolute atomic E-state index is 12.5. The second-order valence-corrected chi connectivity index (χ2v) is 8.55. The highest BCUT2D eigenvalue weighted by Crippen LogP contribution is 2.25. The van der Waals surface area contributed by atoms with Crippen molar-refractivity contribution in [3.63, 3.8) is 0 Å². The minimum Gasteiger partial charge on any atom is -0.357 e. The van der Waals surface area contributed by atoms with Gasteiger partial charge in [-0.05, 0) is 48.9 Å². The van der Waals surface area contributed by atoms with Gasteiger partial charge in [-0.25, -0.2) is 4.99 Å². The first-order chi connectivity index (χ1) is 11.8. The summed E-state index contributed by atoms with van der Waals surface area (Å²) in [5.41, 5.74) is 1.30. The Hall–Kier alpha value is -0.480. The molecule has 0 saturated carbocycles. The lowest BCUT2D eigenvalue weighted by atomic mass is 10.1. The highest BCUT2D eigenvalue weighted by Gasteiger charge is 2.21. The monoisotopic (exact) mass is 494 g/mol. The smallest absolute Gasteiger partial charge is 0.244 e. The maximum Gasteiger partial charge on any atom is 0.244 e. The summed E-state index contributed by atoms with van der Waals surface area (Å²) in [7, 11) is 0. The molecule has 0 spiro atoms. The molecule has 3 heterocycles. The minimum absolute atomic E-state index is 0. The van der Waals surface area contributed by atoms with E-state index in [1.807, 2.05) is 23.6 Å². The third-order valence-corrected chi connectivity index (χ3v) is 6.82. The number of thiophene rings is 1. The van der Waals surface area contributed by atoms with Crippen molar-refractivity contribution in [2.75, 3.05) is 31.9 Å². The molecule has 0 bridgehead atoms. The summed E-state index contributed by atoms with van der Waals surface area (Å²) < 4.78 is 0. The summed E-state index contributed by atoms with van der Waals surface area (Å²) in [5, 5.41) is 9.40. The van der Waals surface area contributed by atoms with Crippen LogP contribution in [-0.4, -0.2) is 53.9 Å². The summed E-state index contributed by atoms with van der Waals surface area (Å²) in [6.07, 6.45) is 3.55. The molecule has 3 rings (SSSR count). The lowest BCUT2D eigenvalue weighted by Gasteiger charge is -2.26. The van der Waals surface area contributed by atoms with E-state index in [0.717, 1.165) is 38.6 Å². The minimum atomic E-state index is 0. The van der Waals surface area contributed by atoms with Gasteiger partial charge in [-0.3, -0.25) is 4.79 Å². The van der Waals surface area contributed by atoms with Crippen molar-refractivity contribution in [2.24, 2.45) is 4.99 Å². The lowest BCUT2D eigenvalue weighted by Crippen LogP contribution is -2.42. The average molecular weight is 494 g/mol. The van der Waals surface area contributed by atoms with E-state index in [2.05, 4.69) is 27.1 Å². The van der Waals surface area contributed by atoms with Crippen molar-refractivity contribution in [3.8, 4) is 0 Å². The third-order valence-electron chi connectivity index (χ3n) is 4.40. The molecule has 0 radical (unpaired) electrons. The number of fused-ring (bicyclic) bond motifs is 1. The fourth-order valence-electron chi connectivity index (χ4n) is 3.07. The van der Waals surface area contributed by atoms with Gasteiger partial charge < -0.3 is 15.5 Å². The molecule has 140 valence electrons. The standard InChI is InChI=1S/C17H26N4OS2.HI/c1-2-18-17(19-10-14-4-3-8-23-14)20-11-16(22)21-7-5-15-13(12-21)6-9-24-15;/h6,9,14H,2-5,7-8,10-12H2,1H3,(H2,18,19,20);1H. The van der Waals surface area contributed by atoms with Gasteiger partial charge in [0.1, 0.15) is 6.54 Å². The summed E-state index contributed by atoms with van der Waals surface area (Å²) in [6.45, 7) is 5.53. The van der Waals surface area contributed by atoms with E-state index in [0.29, 0.717) is 5.25 Å². The van der Waals surface area contributed by atoms with Gasteiger partial charge in [0.05, 0.1) is 0 Å². The van der Waals surface area contributed by atoms with Crippen LogP contribution in [0.2, 0.25) is 0 Å². The van der Waals surface area contributed by atoms with E-state index in [-0.39, 0.29) is 36.4 Å². The number of hydrogen-bond acceptors (Lipinski definition) is 4. The fourth-order valence-corrected chi connectivity index (χ4v) is 5.16. The number of rotatable bonds is 5. The number of thioether (sulfide) groups is 1. The largest absolute Gasteiger partial charge is 0.357 e. The van der Waals surface area contributed by atoms with E-state index in [9.17, 15) is 4.79 Å². The Kier molecular flexibility index (Phi) is 8.84. The zero-order chi connectivity index (χ0) is 16.8. The number of aliphatic imine (C=N–C) groups is 1. The molecule has 5 nitrogen and oxygen atoms in total. The van der Waals surface area contributed by atoms with Gasteiger partial charge in [0, 0.05) is 36.3 Å². The molecule has 1 unspecified atom stereocenters. The van der Waals surface area contributed by atoms with Gasteiger partial charge in [-0.2, -0.15) is 11.8 Å². The molecule has 1 amide bonds. The van der Waals surface area contributed by atoms with Crippen LogP contribution in [0, 0.1) is 0 Å². The van der Waals surface area contributed by atoms with E-state index in [1.165, 1.54) is 29.0 Å². The van der Waals surface area contributed by atoms with E-state index < -0.39 is 0 Å². The molecule has 1 fully saturated rings. The Bertz CT molecular complexity index is 587. The molecule has 1 aromatic heterocycles. The van der Waals surface area contributed by atoms with Crippen LogP contribution in [-0.2, 0) is 17.8 Å². The van der Waals surface area contributed by atoms with Crippen molar-refractivity contribution >= 4 is 58.9 Å². The Morgan fingerprint density at radius 2 is 2.32 bits per heavy atom. The van der Waals surface area contributed by atoms with Gasteiger partial charge in [-0.1, -0.05) is 0 Å². The number of amides is 1. The van der Waals surface area contributed by atoms with Crippen molar-refractivity contribution in [1.82, 2.24) is 15.5 Å². The molecule has 1 atom stereocenters. The first kappa shape index (κ1) is 20.8. The second kappa shape index (κ2) is 10.6. The van der Waals surface area contributed by atoms with Crippen molar-refractivity contribution < 1.29 is 4.79 Å². The molecule has 1 aromatic rings. The summed E-state index contributed by atoms with van der Waals surface area (Å²) in [4.78, 5) is 20.3. The van der Waals surface area contributed by atoms with Crippen LogP contribution in [0.1, 0.15) is 30.2 Å². The first-order valence-electron chi connectivity index (χ1n) is 8.73. The molecule has 0 aromatic carbocycles. The van der Waals surface area contributed by atoms with Gasteiger partial charge in [0.25, 0.3) is 0 Å². The zero-order valence-corrected chi connectivity index (χ0v) is 18.6. The fraction of sp³-hybridized carbons (Fsp3) is 0.647. The number of nitrogens with zero attached hydrogens (tertiary/aromatic N) is 2. The van der Waals surface area contributed by atoms with Gasteiger partial charge in [-0.15, -0.1) is 35.3 Å². The highest BCUT2D eigenvalue weighted by atomic mass is 127. The number of carbonyl (C=O) groups is 1. The second-order valence-electron chi connectivity index (χ2n) is 6.15. The van der Waals surface area contributed by atoms with Crippen LogP contribution >= 0.6 is 47.1 Å². The first-order valence-corrected chi connectivity index (χ1v) is 10.7. The molecule has 8 heteroatoms. The third kappa shape index (κ3) is 6.02. The summed E-state index contributed by atoms with van der Waals surface area (Å²) in [5.74, 6) is 2.13. The van der Waals surface area contributed by atoms with E-state index >= 15 is 0 Å². The molecule has 2 aliphatic heterocycles. The Morgan fingerprint density at radius 1 is 1.44 bits per heavy atom. The van der Waals surface area contributed by atoms with Crippen molar-refractivity contribution in [2.45, 2.75) is 38.0 Å². The quantitative estimate of drug-likeness (QED) is 0.376. The predicted molar refractivity (Wildman–Crippen MR) is 118 cm³/mol. The molecule has 1 saturated heterocycles. The zero-order valence-electron chi connectivity index (χ0n) is 14.6. The SMILES string of the molecule is CCNC(=NCC(=O)N1CCc2sccc2C1)NCC1CCCS1.I.